The second-order valence-corrected chi connectivity index (χ2v) is 5.61. The molecular weight excluding hydrogens is 343 g/mol. The van der Waals surface area contributed by atoms with Gasteiger partial charge >= 0.3 is 0 Å². The zero-order valence-electron chi connectivity index (χ0n) is 10.7. The third-order valence-electron chi connectivity index (χ3n) is 2.93. The Kier molecular flexibility index (Phi) is 4.64. The average molecular weight is 354 g/mol. The number of nitrogens with one attached hydrogen (secondary N) is 1. The van der Waals surface area contributed by atoms with Crippen molar-refractivity contribution in [2.75, 3.05) is 5.32 Å². The van der Waals surface area contributed by atoms with E-state index in [0.29, 0.717) is 27.3 Å². The van der Waals surface area contributed by atoms with Gasteiger partial charge in [0.2, 0.25) is 0 Å². The topological polar surface area (TPSA) is 35.8 Å². The van der Waals surface area contributed by atoms with Crippen LogP contribution in [0.1, 0.15) is 16.7 Å². The lowest BCUT2D eigenvalue weighted by Crippen LogP contribution is -2.03. The number of aryl methyl sites for hydroxylation is 1. The highest BCUT2D eigenvalue weighted by Crippen LogP contribution is 2.32. The molecule has 2 aromatic carbocycles. The molecule has 0 unspecified atom stereocenters. The Morgan fingerprint density at radius 2 is 2.10 bits per heavy atom. The molecule has 20 heavy (non-hydrogen) atoms. The van der Waals surface area contributed by atoms with Crippen molar-refractivity contribution in [3.05, 3.63) is 62.3 Å². The predicted octanol–water partition coefficient (Wildman–Crippen LogP) is 5.03. The summed E-state index contributed by atoms with van der Waals surface area (Å²) in [5.74, 6) is -0.387. The highest BCUT2D eigenvalue weighted by atomic mass is 79.9. The Morgan fingerprint density at radius 1 is 1.35 bits per heavy atom. The maximum Gasteiger partial charge on any atom is 0.125 e. The molecule has 2 nitrogen and oxygen atoms in total. The number of anilines is 1. The van der Waals surface area contributed by atoms with Crippen molar-refractivity contribution < 1.29 is 4.39 Å². The fourth-order valence-electron chi connectivity index (χ4n) is 1.86. The zero-order chi connectivity index (χ0) is 14.7. The summed E-state index contributed by atoms with van der Waals surface area (Å²) in [6, 6.07) is 10.2. The van der Waals surface area contributed by atoms with Gasteiger partial charge in [0.25, 0.3) is 0 Å². The van der Waals surface area contributed by atoms with Crippen LogP contribution in [0.15, 0.2) is 34.8 Å². The molecule has 0 bridgehead atoms. The lowest BCUT2D eigenvalue weighted by molar-refractivity contribution is 0.627. The smallest absolute Gasteiger partial charge is 0.125 e. The summed E-state index contributed by atoms with van der Waals surface area (Å²) in [4.78, 5) is 0. The summed E-state index contributed by atoms with van der Waals surface area (Å²) in [5.41, 5.74) is 3.35. The first-order valence-corrected chi connectivity index (χ1v) is 7.06. The van der Waals surface area contributed by atoms with Crippen molar-refractivity contribution in [3.63, 3.8) is 0 Å². The SMILES string of the molecule is Cc1cc(C#N)ccc1CNc1c(Cl)cc(F)cc1Br. The molecule has 1 N–H and O–H groups in total. The lowest BCUT2D eigenvalue weighted by atomic mass is 10.1. The molecule has 0 aliphatic carbocycles. The van der Waals surface area contributed by atoms with Gasteiger partial charge in [-0.2, -0.15) is 5.26 Å². The third-order valence-corrected chi connectivity index (χ3v) is 3.86. The Labute approximate surface area is 130 Å². The van der Waals surface area contributed by atoms with Crippen LogP contribution in [0.4, 0.5) is 10.1 Å². The quantitative estimate of drug-likeness (QED) is 0.839. The zero-order valence-corrected chi connectivity index (χ0v) is 13.0. The molecule has 0 atom stereocenters. The average Bonchev–Trinajstić information content (AvgIpc) is 2.39. The molecule has 5 heteroatoms. The van der Waals surface area contributed by atoms with E-state index in [9.17, 15) is 4.39 Å². The molecule has 2 aromatic rings. The van der Waals surface area contributed by atoms with Crippen molar-refractivity contribution >= 4 is 33.2 Å². The first-order valence-electron chi connectivity index (χ1n) is 5.89. The lowest BCUT2D eigenvalue weighted by Gasteiger charge is -2.12. The Balaban J connectivity index is 2.20. The van der Waals surface area contributed by atoms with Crippen LogP contribution in [0, 0.1) is 24.1 Å². The van der Waals surface area contributed by atoms with E-state index in [0.717, 1.165) is 11.1 Å². The fourth-order valence-corrected chi connectivity index (χ4v) is 2.82. The van der Waals surface area contributed by atoms with Gasteiger partial charge in [-0.15, -0.1) is 0 Å². The number of rotatable bonds is 3. The second kappa shape index (κ2) is 6.25. The van der Waals surface area contributed by atoms with Crippen molar-refractivity contribution in [2.24, 2.45) is 0 Å². The fraction of sp³-hybridized carbons (Fsp3) is 0.133. The van der Waals surface area contributed by atoms with Gasteiger partial charge in [0.05, 0.1) is 22.3 Å². The van der Waals surface area contributed by atoms with Gasteiger partial charge in [-0.25, -0.2) is 4.39 Å². The van der Waals surface area contributed by atoms with Crippen molar-refractivity contribution in [2.45, 2.75) is 13.5 Å². The van der Waals surface area contributed by atoms with Gasteiger partial charge < -0.3 is 5.32 Å². The molecule has 0 spiro atoms. The number of halogens is 3. The molecule has 0 radical (unpaired) electrons. The largest absolute Gasteiger partial charge is 0.379 e. The van der Waals surface area contributed by atoms with Crippen LogP contribution in [0.5, 0.6) is 0 Å². The Morgan fingerprint density at radius 3 is 2.70 bits per heavy atom. The summed E-state index contributed by atoms with van der Waals surface area (Å²) in [6.07, 6.45) is 0. The summed E-state index contributed by atoms with van der Waals surface area (Å²) >= 11 is 9.30. The number of nitrogens with zero attached hydrogens (tertiary/aromatic N) is 1. The molecule has 0 saturated heterocycles. The Hall–Kier alpha value is -1.57. The van der Waals surface area contributed by atoms with Gasteiger partial charge in [-0.3, -0.25) is 0 Å². The predicted molar refractivity (Wildman–Crippen MR) is 82.3 cm³/mol. The van der Waals surface area contributed by atoms with Crippen LogP contribution in [-0.2, 0) is 6.54 Å². The van der Waals surface area contributed by atoms with E-state index < -0.39 is 0 Å². The van der Waals surface area contributed by atoms with E-state index in [2.05, 4.69) is 27.3 Å². The van der Waals surface area contributed by atoms with Crippen LogP contribution >= 0.6 is 27.5 Å². The van der Waals surface area contributed by atoms with Crippen LogP contribution in [-0.4, -0.2) is 0 Å². The van der Waals surface area contributed by atoms with E-state index in [1.165, 1.54) is 12.1 Å². The minimum atomic E-state index is -0.387. The third kappa shape index (κ3) is 3.30. The first kappa shape index (κ1) is 14.8. The Bertz CT molecular complexity index is 672. The maximum absolute atomic E-state index is 13.1. The van der Waals surface area contributed by atoms with E-state index in [1.54, 1.807) is 6.07 Å². The van der Waals surface area contributed by atoms with Gasteiger partial charge in [-0.05, 0) is 58.2 Å². The summed E-state index contributed by atoms with van der Waals surface area (Å²) < 4.78 is 13.7. The van der Waals surface area contributed by atoms with E-state index >= 15 is 0 Å². The van der Waals surface area contributed by atoms with Crippen LogP contribution in [0.2, 0.25) is 5.02 Å². The van der Waals surface area contributed by atoms with Crippen molar-refractivity contribution in [1.82, 2.24) is 0 Å². The van der Waals surface area contributed by atoms with Gasteiger partial charge in [0.1, 0.15) is 5.82 Å². The van der Waals surface area contributed by atoms with Crippen molar-refractivity contribution in [1.29, 1.82) is 5.26 Å². The number of nitriles is 1. The molecule has 0 amide bonds. The molecule has 0 heterocycles. The standard InChI is InChI=1S/C15H11BrClFN2/c1-9-4-10(7-19)2-3-11(9)8-20-15-13(16)5-12(18)6-14(15)17/h2-6,20H,8H2,1H3. The minimum Gasteiger partial charge on any atom is -0.379 e. The van der Waals surface area contributed by atoms with E-state index in [-0.39, 0.29) is 5.82 Å². The molecule has 0 fully saturated rings. The van der Waals surface area contributed by atoms with E-state index in [4.69, 9.17) is 16.9 Å². The monoisotopic (exact) mass is 352 g/mol. The number of hydrogen-bond donors (Lipinski definition) is 1. The maximum atomic E-state index is 13.1. The van der Waals surface area contributed by atoms with Crippen molar-refractivity contribution in [3.8, 4) is 6.07 Å². The van der Waals surface area contributed by atoms with Gasteiger partial charge in [0.15, 0.2) is 0 Å². The molecule has 2 rings (SSSR count). The highest BCUT2D eigenvalue weighted by Gasteiger charge is 2.08. The summed E-state index contributed by atoms with van der Waals surface area (Å²) in [5, 5.41) is 12.3. The number of hydrogen-bond acceptors (Lipinski definition) is 2. The highest BCUT2D eigenvalue weighted by molar-refractivity contribution is 9.10. The minimum absolute atomic E-state index is 0.322. The summed E-state index contributed by atoms with van der Waals surface area (Å²) in [7, 11) is 0. The molecular formula is C15H11BrClFN2. The summed E-state index contributed by atoms with van der Waals surface area (Å²) in [6.45, 7) is 2.49. The molecule has 0 aliphatic rings. The van der Waals surface area contributed by atoms with Gasteiger partial charge in [-0.1, -0.05) is 17.7 Å². The molecule has 0 aliphatic heterocycles. The van der Waals surface area contributed by atoms with Crippen LogP contribution in [0.25, 0.3) is 0 Å². The number of benzene rings is 2. The normalized spacial score (nSPS) is 10.2. The van der Waals surface area contributed by atoms with Crippen LogP contribution in [0.3, 0.4) is 0 Å². The van der Waals surface area contributed by atoms with Gasteiger partial charge in [0, 0.05) is 11.0 Å². The van der Waals surface area contributed by atoms with E-state index in [1.807, 2.05) is 19.1 Å². The molecule has 0 aromatic heterocycles. The molecule has 102 valence electrons. The second-order valence-electron chi connectivity index (χ2n) is 4.35. The van der Waals surface area contributed by atoms with Crippen LogP contribution < -0.4 is 5.32 Å². The molecule has 0 saturated carbocycles. The first-order chi connectivity index (χ1) is 9.51.